The fraction of sp³-hybridized carbons (Fsp3) is 0.280. The second kappa shape index (κ2) is 9.38. The number of nitrogens with one attached hydrogen (secondary N) is 2. The van der Waals surface area contributed by atoms with Gasteiger partial charge >= 0.3 is 0 Å². The lowest BCUT2D eigenvalue weighted by Crippen LogP contribution is -2.35. The molecule has 33 heavy (non-hydrogen) atoms. The number of nitrogens with zero attached hydrogens (tertiary/aromatic N) is 4. The first-order valence-electron chi connectivity index (χ1n) is 11.1. The van der Waals surface area contributed by atoms with Gasteiger partial charge in [0.25, 0.3) is 5.91 Å². The number of piperidine rings is 1. The monoisotopic (exact) mass is 442 g/mol. The summed E-state index contributed by atoms with van der Waals surface area (Å²) in [4.78, 5) is 28.4. The number of aliphatic imine (C=N–C) groups is 1. The summed E-state index contributed by atoms with van der Waals surface area (Å²) in [6, 6.07) is 13.4. The van der Waals surface area contributed by atoms with Crippen molar-refractivity contribution in [3.63, 3.8) is 0 Å². The van der Waals surface area contributed by atoms with Crippen molar-refractivity contribution in [1.82, 2.24) is 14.9 Å². The third-order valence-corrected chi connectivity index (χ3v) is 5.94. The fourth-order valence-corrected chi connectivity index (χ4v) is 4.11. The number of anilines is 2. The highest BCUT2D eigenvalue weighted by atomic mass is 16.5. The van der Waals surface area contributed by atoms with Crippen LogP contribution in [0.3, 0.4) is 0 Å². The molecule has 0 atom stereocenters. The van der Waals surface area contributed by atoms with Gasteiger partial charge in [0.15, 0.2) is 0 Å². The Labute approximate surface area is 192 Å². The molecule has 8 nitrogen and oxygen atoms in total. The Kier molecular flexibility index (Phi) is 5.99. The second-order valence-corrected chi connectivity index (χ2v) is 8.30. The van der Waals surface area contributed by atoms with Crippen LogP contribution in [0.2, 0.25) is 0 Å². The smallest absolute Gasteiger partial charge is 0.274 e. The van der Waals surface area contributed by atoms with Gasteiger partial charge in [-0.2, -0.15) is 0 Å². The van der Waals surface area contributed by atoms with Gasteiger partial charge in [-0.3, -0.25) is 14.8 Å². The lowest BCUT2D eigenvalue weighted by molar-refractivity contribution is -0.110. The van der Waals surface area contributed by atoms with Crippen LogP contribution in [-0.4, -0.2) is 59.4 Å². The molecular weight excluding hydrogens is 416 g/mol. The summed E-state index contributed by atoms with van der Waals surface area (Å²) in [6.45, 7) is 2.37. The number of amides is 1. The summed E-state index contributed by atoms with van der Waals surface area (Å²) in [5, 5.41) is 6.19. The second-order valence-electron chi connectivity index (χ2n) is 8.30. The molecule has 5 rings (SSSR count). The highest BCUT2D eigenvalue weighted by Gasteiger charge is 2.22. The van der Waals surface area contributed by atoms with Gasteiger partial charge in [-0.25, -0.2) is 4.98 Å². The third kappa shape index (κ3) is 4.85. The predicted octanol–water partition coefficient (Wildman–Crippen LogP) is 3.43. The summed E-state index contributed by atoms with van der Waals surface area (Å²) in [5.41, 5.74) is 4.62. The first kappa shape index (κ1) is 21.1. The van der Waals surface area contributed by atoms with Gasteiger partial charge in [0, 0.05) is 60.2 Å². The van der Waals surface area contributed by atoms with Gasteiger partial charge in [-0.1, -0.05) is 12.1 Å². The molecule has 0 aliphatic carbocycles. The van der Waals surface area contributed by atoms with Crippen LogP contribution in [0.25, 0.3) is 11.1 Å². The lowest BCUT2D eigenvalue weighted by atomic mass is 9.99. The number of aromatic nitrogens is 2. The average Bonchev–Trinajstić information content (AvgIpc) is 2.85. The quantitative estimate of drug-likeness (QED) is 0.629. The molecule has 3 aromatic rings. The van der Waals surface area contributed by atoms with E-state index in [9.17, 15) is 4.79 Å². The molecule has 0 spiro atoms. The Bertz CT molecular complexity index is 1170. The molecule has 1 amide bonds. The maximum Gasteiger partial charge on any atom is 0.274 e. The summed E-state index contributed by atoms with van der Waals surface area (Å²) in [7, 11) is 2.12. The zero-order chi connectivity index (χ0) is 22.6. The number of carbonyl (C=O) groups excluding carboxylic acids is 1. The van der Waals surface area contributed by atoms with Crippen LogP contribution in [0.15, 0.2) is 66.0 Å². The number of rotatable bonds is 5. The molecule has 1 aromatic carbocycles. The fourth-order valence-electron chi connectivity index (χ4n) is 4.11. The van der Waals surface area contributed by atoms with E-state index in [4.69, 9.17) is 4.74 Å². The average molecular weight is 443 g/mol. The van der Waals surface area contributed by atoms with Crippen molar-refractivity contribution in [3.05, 3.63) is 66.6 Å². The normalized spacial score (nSPS) is 16.3. The largest absolute Gasteiger partial charge is 0.474 e. The number of ether oxygens (including phenoxy) is 1. The van der Waals surface area contributed by atoms with E-state index in [2.05, 4.69) is 37.5 Å². The highest BCUT2D eigenvalue weighted by molar-refractivity contribution is 6.50. The molecular formula is C25H26N6O2. The van der Waals surface area contributed by atoms with Crippen molar-refractivity contribution in [2.45, 2.75) is 18.9 Å². The van der Waals surface area contributed by atoms with Crippen LogP contribution >= 0.6 is 0 Å². The molecule has 0 bridgehead atoms. The van der Waals surface area contributed by atoms with E-state index in [1.165, 1.54) is 0 Å². The molecule has 4 heterocycles. The first-order chi connectivity index (χ1) is 16.2. The molecule has 1 saturated heterocycles. The van der Waals surface area contributed by atoms with Crippen LogP contribution in [-0.2, 0) is 4.79 Å². The zero-order valence-corrected chi connectivity index (χ0v) is 18.5. The van der Waals surface area contributed by atoms with Gasteiger partial charge < -0.3 is 20.3 Å². The SMILES string of the molecule is CN1CCC(Oc2cc(NC(=O)C3=NCNc4ccc(-c5cccnc5)cc43)ccn2)CC1. The van der Waals surface area contributed by atoms with E-state index < -0.39 is 0 Å². The highest BCUT2D eigenvalue weighted by Crippen LogP contribution is 2.28. The van der Waals surface area contributed by atoms with Crippen LogP contribution in [0.5, 0.6) is 5.88 Å². The van der Waals surface area contributed by atoms with Gasteiger partial charge in [-0.05, 0) is 49.7 Å². The molecule has 2 aliphatic heterocycles. The Hall–Kier alpha value is -3.78. The van der Waals surface area contributed by atoms with Crippen LogP contribution in [0.1, 0.15) is 18.4 Å². The van der Waals surface area contributed by atoms with Gasteiger partial charge in [0.05, 0.1) is 0 Å². The van der Waals surface area contributed by atoms with Crippen molar-refractivity contribution >= 4 is 23.0 Å². The number of carbonyl (C=O) groups is 1. The standard InChI is InChI=1S/C25H26N6O2/c1-31-11-7-20(8-12-31)33-23-14-19(6-10-27-23)30-25(32)24-21-13-17(18-3-2-9-26-15-18)4-5-22(21)28-16-29-24/h2-6,9-10,13-15,20,28H,7-8,11-12,16H2,1H3,(H,27,30,32). The third-order valence-electron chi connectivity index (χ3n) is 5.94. The molecule has 168 valence electrons. The van der Waals surface area contributed by atoms with E-state index in [1.807, 2.05) is 30.3 Å². The molecule has 1 fully saturated rings. The van der Waals surface area contributed by atoms with E-state index >= 15 is 0 Å². The Morgan fingerprint density at radius 1 is 1.12 bits per heavy atom. The van der Waals surface area contributed by atoms with E-state index in [0.29, 0.717) is 23.9 Å². The minimum atomic E-state index is -0.266. The number of likely N-dealkylation sites (tertiary alicyclic amines) is 1. The minimum Gasteiger partial charge on any atom is -0.474 e. The zero-order valence-electron chi connectivity index (χ0n) is 18.5. The Balaban J connectivity index is 1.32. The van der Waals surface area contributed by atoms with Crippen LogP contribution in [0.4, 0.5) is 11.4 Å². The molecule has 8 heteroatoms. The molecule has 0 radical (unpaired) electrons. The molecule has 2 N–H and O–H groups in total. The van der Waals surface area contributed by atoms with Crippen molar-refractivity contribution in [2.24, 2.45) is 4.99 Å². The predicted molar refractivity (Wildman–Crippen MR) is 129 cm³/mol. The number of pyridine rings is 2. The summed E-state index contributed by atoms with van der Waals surface area (Å²) in [6.07, 6.45) is 7.27. The molecule has 2 aliphatic rings. The van der Waals surface area contributed by atoms with E-state index in [1.54, 1.807) is 30.7 Å². The van der Waals surface area contributed by atoms with Gasteiger partial charge in [-0.15, -0.1) is 0 Å². The molecule has 2 aromatic heterocycles. The number of hydrogen-bond donors (Lipinski definition) is 2. The van der Waals surface area contributed by atoms with Crippen molar-refractivity contribution in [2.75, 3.05) is 37.4 Å². The maximum atomic E-state index is 13.2. The van der Waals surface area contributed by atoms with Crippen LogP contribution < -0.4 is 15.4 Å². The first-order valence-corrected chi connectivity index (χ1v) is 11.1. The lowest BCUT2D eigenvalue weighted by Gasteiger charge is -2.29. The summed E-state index contributed by atoms with van der Waals surface area (Å²) < 4.78 is 6.06. The Morgan fingerprint density at radius 2 is 2.00 bits per heavy atom. The number of benzene rings is 1. The van der Waals surface area contributed by atoms with Gasteiger partial charge in [0.1, 0.15) is 18.5 Å². The minimum absolute atomic E-state index is 0.145. The number of hydrogen-bond acceptors (Lipinski definition) is 7. The number of fused-ring (bicyclic) bond motifs is 1. The summed E-state index contributed by atoms with van der Waals surface area (Å²) >= 11 is 0. The van der Waals surface area contributed by atoms with Crippen molar-refractivity contribution < 1.29 is 9.53 Å². The van der Waals surface area contributed by atoms with Crippen LogP contribution in [0, 0.1) is 0 Å². The van der Waals surface area contributed by atoms with Crippen molar-refractivity contribution in [1.29, 1.82) is 0 Å². The maximum absolute atomic E-state index is 13.2. The van der Waals surface area contributed by atoms with E-state index in [-0.39, 0.29) is 12.0 Å². The molecule has 0 saturated carbocycles. The van der Waals surface area contributed by atoms with Gasteiger partial charge in [0.2, 0.25) is 5.88 Å². The van der Waals surface area contributed by atoms with Crippen molar-refractivity contribution in [3.8, 4) is 17.0 Å². The summed E-state index contributed by atoms with van der Waals surface area (Å²) in [5.74, 6) is 0.256. The molecule has 0 unspecified atom stereocenters. The topological polar surface area (TPSA) is 91.7 Å². The Morgan fingerprint density at radius 3 is 2.82 bits per heavy atom. The van der Waals surface area contributed by atoms with E-state index in [0.717, 1.165) is 48.3 Å².